The van der Waals surface area contributed by atoms with E-state index in [1.54, 1.807) is 0 Å². The van der Waals surface area contributed by atoms with Gasteiger partial charge in [-0.25, -0.2) is 0 Å². The van der Waals surface area contributed by atoms with Crippen LogP contribution in [0.1, 0.15) is 52.5 Å². The highest BCUT2D eigenvalue weighted by Crippen LogP contribution is 2.37. The van der Waals surface area contributed by atoms with Crippen LogP contribution >= 0.6 is 0 Å². The van der Waals surface area contributed by atoms with E-state index in [2.05, 4.69) is 32.6 Å². The predicted molar refractivity (Wildman–Crippen MR) is 85.0 cm³/mol. The fourth-order valence-electron chi connectivity index (χ4n) is 3.38. The molecule has 1 heterocycles. The van der Waals surface area contributed by atoms with Crippen LogP contribution in [-0.2, 0) is 16.1 Å². The number of hydrogen-bond acceptors (Lipinski definition) is 3. The summed E-state index contributed by atoms with van der Waals surface area (Å²) in [5.74, 6) is -0.137. The Kier molecular flexibility index (Phi) is 4.72. The van der Waals surface area contributed by atoms with Gasteiger partial charge in [0.05, 0.1) is 6.54 Å². The molecule has 1 saturated heterocycles. The van der Waals surface area contributed by atoms with Crippen LogP contribution in [0.5, 0.6) is 0 Å². The minimum Gasteiger partial charge on any atom is -0.460 e. The molecule has 0 radical (unpaired) electrons. The van der Waals surface area contributed by atoms with E-state index in [-0.39, 0.29) is 17.0 Å². The molecule has 21 heavy (non-hydrogen) atoms. The van der Waals surface area contributed by atoms with E-state index in [0.717, 1.165) is 18.4 Å². The maximum Gasteiger partial charge on any atom is 0.320 e. The molecule has 1 fully saturated rings. The highest BCUT2D eigenvalue weighted by Gasteiger charge is 2.42. The summed E-state index contributed by atoms with van der Waals surface area (Å²) in [6, 6.07) is 9.83. The normalized spacial score (nSPS) is 21.0. The van der Waals surface area contributed by atoms with Gasteiger partial charge in [0.25, 0.3) is 0 Å². The fraction of sp³-hybridized carbons (Fsp3) is 0.611. The smallest absolute Gasteiger partial charge is 0.320 e. The minimum atomic E-state index is -0.137. The van der Waals surface area contributed by atoms with Crippen molar-refractivity contribution in [1.82, 2.24) is 4.90 Å². The Hall–Kier alpha value is -1.35. The Balaban J connectivity index is 1.94. The van der Waals surface area contributed by atoms with Crippen LogP contribution in [0.15, 0.2) is 30.3 Å². The molecule has 0 unspecified atom stereocenters. The number of ether oxygens (including phenoxy) is 1. The number of carbonyl (C=O) groups excluding carboxylic acids is 1. The molecule has 0 aliphatic carbocycles. The van der Waals surface area contributed by atoms with E-state index >= 15 is 0 Å². The molecular formula is C18H27NO2. The van der Waals surface area contributed by atoms with Gasteiger partial charge < -0.3 is 4.74 Å². The average Bonchev–Trinajstić information content (AvgIpc) is 2.41. The third-order valence-corrected chi connectivity index (χ3v) is 4.57. The molecule has 1 aromatic rings. The summed E-state index contributed by atoms with van der Waals surface area (Å²) in [6.07, 6.45) is 3.47. The summed E-state index contributed by atoms with van der Waals surface area (Å²) in [4.78, 5) is 14.5. The van der Waals surface area contributed by atoms with E-state index in [4.69, 9.17) is 4.74 Å². The lowest BCUT2D eigenvalue weighted by Gasteiger charge is -2.52. The second-order valence-electron chi connectivity index (χ2n) is 7.21. The first-order chi connectivity index (χ1) is 9.81. The minimum absolute atomic E-state index is 0.0491. The van der Waals surface area contributed by atoms with Gasteiger partial charge in [-0.1, -0.05) is 30.3 Å². The van der Waals surface area contributed by atoms with Crippen molar-refractivity contribution in [3.63, 3.8) is 0 Å². The Labute approximate surface area is 128 Å². The summed E-state index contributed by atoms with van der Waals surface area (Å²) in [7, 11) is 0. The van der Waals surface area contributed by atoms with E-state index in [0.29, 0.717) is 13.2 Å². The molecule has 0 saturated carbocycles. The van der Waals surface area contributed by atoms with Crippen molar-refractivity contribution in [3.05, 3.63) is 35.9 Å². The molecule has 0 atom stereocenters. The van der Waals surface area contributed by atoms with Crippen molar-refractivity contribution >= 4 is 5.97 Å². The molecule has 1 aliphatic rings. The zero-order valence-electron chi connectivity index (χ0n) is 13.7. The summed E-state index contributed by atoms with van der Waals surface area (Å²) in [6.45, 7) is 9.61. The number of benzene rings is 1. The van der Waals surface area contributed by atoms with Gasteiger partial charge in [0, 0.05) is 11.1 Å². The quantitative estimate of drug-likeness (QED) is 0.790. The second kappa shape index (κ2) is 6.18. The molecule has 3 heteroatoms. The molecular weight excluding hydrogens is 262 g/mol. The van der Waals surface area contributed by atoms with Gasteiger partial charge in [0.2, 0.25) is 0 Å². The SMILES string of the molecule is CC1(C)CCCC(C)(C)N1CC(=O)OCc1ccccc1. The van der Waals surface area contributed by atoms with Crippen LogP contribution in [0.4, 0.5) is 0 Å². The van der Waals surface area contributed by atoms with Gasteiger partial charge >= 0.3 is 5.97 Å². The zero-order chi connectivity index (χ0) is 15.5. The molecule has 116 valence electrons. The summed E-state index contributed by atoms with van der Waals surface area (Å²) in [5.41, 5.74) is 1.13. The molecule has 0 amide bonds. The molecule has 0 spiro atoms. The van der Waals surface area contributed by atoms with Crippen molar-refractivity contribution in [3.8, 4) is 0 Å². The van der Waals surface area contributed by atoms with E-state index < -0.39 is 0 Å². The Morgan fingerprint density at radius 3 is 2.24 bits per heavy atom. The third kappa shape index (κ3) is 4.07. The summed E-state index contributed by atoms with van der Waals surface area (Å²) >= 11 is 0. The van der Waals surface area contributed by atoms with Crippen LogP contribution in [0.25, 0.3) is 0 Å². The number of carbonyl (C=O) groups is 1. The van der Waals surface area contributed by atoms with Crippen molar-refractivity contribution in [2.45, 2.75) is 64.6 Å². The number of nitrogens with zero attached hydrogens (tertiary/aromatic N) is 1. The monoisotopic (exact) mass is 289 g/mol. The average molecular weight is 289 g/mol. The van der Waals surface area contributed by atoms with Crippen molar-refractivity contribution in [2.24, 2.45) is 0 Å². The first-order valence-corrected chi connectivity index (χ1v) is 7.79. The van der Waals surface area contributed by atoms with Gasteiger partial charge in [-0.2, -0.15) is 0 Å². The lowest BCUT2D eigenvalue weighted by molar-refractivity contribution is -0.152. The van der Waals surface area contributed by atoms with Crippen molar-refractivity contribution in [2.75, 3.05) is 6.54 Å². The highest BCUT2D eigenvalue weighted by molar-refractivity contribution is 5.72. The molecule has 3 nitrogen and oxygen atoms in total. The Bertz CT molecular complexity index is 463. The molecule has 0 N–H and O–H groups in total. The van der Waals surface area contributed by atoms with Gasteiger partial charge in [-0.15, -0.1) is 0 Å². The van der Waals surface area contributed by atoms with Gasteiger partial charge in [-0.05, 0) is 52.5 Å². The molecule has 1 aliphatic heterocycles. The number of piperidine rings is 1. The molecule has 0 bridgehead atoms. The van der Waals surface area contributed by atoms with Crippen LogP contribution < -0.4 is 0 Å². The Morgan fingerprint density at radius 1 is 1.10 bits per heavy atom. The first kappa shape index (κ1) is 16.0. The van der Waals surface area contributed by atoms with E-state index in [1.165, 1.54) is 6.42 Å². The number of esters is 1. The lowest BCUT2D eigenvalue weighted by Crippen LogP contribution is -2.60. The maximum atomic E-state index is 12.2. The topological polar surface area (TPSA) is 29.5 Å². The molecule has 0 aromatic heterocycles. The van der Waals surface area contributed by atoms with Crippen LogP contribution in [0.2, 0.25) is 0 Å². The number of rotatable bonds is 4. The van der Waals surface area contributed by atoms with Gasteiger partial charge in [0.1, 0.15) is 6.61 Å². The fourth-order valence-corrected chi connectivity index (χ4v) is 3.38. The van der Waals surface area contributed by atoms with Crippen molar-refractivity contribution in [1.29, 1.82) is 0 Å². The predicted octanol–water partition coefficient (Wildman–Crippen LogP) is 3.77. The van der Waals surface area contributed by atoms with Crippen molar-refractivity contribution < 1.29 is 9.53 Å². The zero-order valence-corrected chi connectivity index (χ0v) is 13.7. The summed E-state index contributed by atoms with van der Waals surface area (Å²) < 4.78 is 5.44. The van der Waals surface area contributed by atoms with Crippen LogP contribution in [0, 0.1) is 0 Å². The second-order valence-corrected chi connectivity index (χ2v) is 7.21. The largest absolute Gasteiger partial charge is 0.460 e. The van der Waals surface area contributed by atoms with E-state index in [9.17, 15) is 4.79 Å². The Morgan fingerprint density at radius 2 is 1.67 bits per heavy atom. The molecule has 1 aromatic carbocycles. The third-order valence-electron chi connectivity index (χ3n) is 4.57. The first-order valence-electron chi connectivity index (χ1n) is 7.79. The highest BCUT2D eigenvalue weighted by atomic mass is 16.5. The number of hydrogen-bond donors (Lipinski definition) is 0. The van der Waals surface area contributed by atoms with Gasteiger partial charge in [0.15, 0.2) is 0 Å². The standard InChI is InChI=1S/C18H27NO2/c1-17(2)11-8-12-18(3,4)19(17)13-16(20)21-14-15-9-6-5-7-10-15/h5-7,9-10H,8,11-14H2,1-4H3. The number of likely N-dealkylation sites (tertiary alicyclic amines) is 1. The molecule has 2 rings (SSSR count). The van der Waals surface area contributed by atoms with Crippen LogP contribution in [0.3, 0.4) is 0 Å². The van der Waals surface area contributed by atoms with Gasteiger partial charge in [-0.3, -0.25) is 9.69 Å². The summed E-state index contributed by atoms with van der Waals surface area (Å²) in [5, 5.41) is 0. The lowest BCUT2D eigenvalue weighted by atomic mass is 9.80. The van der Waals surface area contributed by atoms with E-state index in [1.807, 2.05) is 30.3 Å². The van der Waals surface area contributed by atoms with Crippen LogP contribution in [-0.4, -0.2) is 28.5 Å². The maximum absolute atomic E-state index is 12.2.